The van der Waals surface area contributed by atoms with Gasteiger partial charge in [-0.25, -0.2) is 4.98 Å². The van der Waals surface area contributed by atoms with Gasteiger partial charge in [0.15, 0.2) is 0 Å². The van der Waals surface area contributed by atoms with Crippen molar-refractivity contribution in [3.05, 3.63) is 58.9 Å². The minimum atomic E-state index is -0.0133. The Morgan fingerprint density at radius 3 is 2.74 bits per heavy atom. The van der Waals surface area contributed by atoms with Crippen molar-refractivity contribution in [1.29, 1.82) is 0 Å². The molecule has 0 radical (unpaired) electrons. The smallest absolute Gasteiger partial charge is 0.255 e. The maximum atomic E-state index is 12.9. The van der Waals surface area contributed by atoms with E-state index in [2.05, 4.69) is 16.4 Å². The molecule has 1 aliphatic carbocycles. The van der Waals surface area contributed by atoms with E-state index >= 15 is 0 Å². The third-order valence-corrected chi connectivity index (χ3v) is 5.82. The number of fused-ring (bicyclic) bond motifs is 1. The van der Waals surface area contributed by atoms with E-state index < -0.39 is 0 Å². The Hall–Kier alpha value is -2.56. The number of furan rings is 1. The molecule has 0 spiro atoms. The molecule has 0 aliphatic heterocycles. The van der Waals surface area contributed by atoms with E-state index in [0.29, 0.717) is 17.4 Å². The van der Waals surface area contributed by atoms with Gasteiger partial charge >= 0.3 is 0 Å². The number of hydrogen-bond donors (Lipinski definition) is 1. The van der Waals surface area contributed by atoms with Gasteiger partial charge in [0.05, 0.1) is 11.8 Å². The zero-order valence-corrected chi connectivity index (χ0v) is 16.3. The first-order valence-corrected chi connectivity index (χ1v) is 9.80. The molecule has 0 saturated heterocycles. The van der Waals surface area contributed by atoms with Crippen LogP contribution in [0.15, 0.2) is 35.1 Å². The fourth-order valence-corrected chi connectivity index (χ4v) is 4.35. The Balaban J connectivity index is 1.40. The van der Waals surface area contributed by atoms with Gasteiger partial charge in [0.25, 0.3) is 5.91 Å². The predicted octanol–water partition coefficient (Wildman–Crippen LogP) is 4.56. The SMILES string of the molecule is Cc1cc(C)n2cc(C)c(C(=O)NCC3CCC(c4ccco4)CC3)c2n1. The maximum absolute atomic E-state index is 12.9. The van der Waals surface area contributed by atoms with E-state index in [-0.39, 0.29) is 5.91 Å². The van der Waals surface area contributed by atoms with Crippen molar-refractivity contribution in [2.45, 2.75) is 52.4 Å². The Bertz CT molecular complexity index is 948. The van der Waals surface area contributed by atoms with E-state index in [1.807, 2.05) is 43.5 Å². The predicted molar refractivity (Wildman–Crippen MR) is 105 cm³/mol. The molecule has 4 rings (SSSR count). The van der Waals surface area contributed by atoms with Gasteiger partial charge in [-0.15, -0.1) is 0 Å². The molecule has 1 N–H and O–H groups in total. The van der Waals surface area contributed by atoms with Gasteiger partial charge in [-0.3, -0.25) is 4.79 Å². The van der Waals surface area contributed by atoms with Crippen LogP contribution in [0.1, 0.15) is 64.7 Å². The van der Waals surface area contributed by atoms with Crippen LogP contribution in [0.3, 0.4) is 0 Å². The lowest BCUT2D eigenvalue weighted by atomic mass is 9.81. The molecule has 5 nitrogen and oxygen atoms in total. The Kier molecular flexibility index (Phi) is 4.77. The number of carbonyl (C=O) groups excluding carboxylic acids is 1. The second kappa shape index (κ2) is 7.22. The van der Waals surface area contributed by atoms with Crippen molar-refractivity contribution in [1.82, 2.24) is 14.7 Å². The van der Waals surface area contributed by atoms with Gasteiger partial charge in [-0.2, -0.15) is 0 Å². The minimum absolute atomic E-state index is 0.0133. The highest BCUT2D eigenvalue weighted by Gasteiger charge is 2.25. The van der Waals surface area contributed by atoms with Crippen molar-refractivity contribution in [2.75, 3.05) is 6.54 Å². The molecule has 0 atom stereocenters. The molecule has 27 heavy (non-hydrogen) atoms. The average Bonchev–Trinajstić information content (AvgIpc) is 3.28. The summed E-state index contributed by atoms with van der Waals surface area (Å²) in [5.74, 6) is 2.15. The Morgan fingerprint density at radius 2 is 2.04 bits per heavy atom. The number of nitrogens with zero attached hydrogens (tertiary/aromatic N) is 2. The van der Waals surface area contributed by atoms with Gasteiger partial charge in [-0.1, -0.05) is 0 Å². The number of hydrogen-bond acceptors (Lipinski definition) is 3. The molecule has 0 bridgehead atoms. The lowest BCUT2D eigenvalue weighted by Crippen LogP contribution is -2.31. The summed E-state index contributed by atoms with van der Waals surface area (Å²) < 4.78 is 7.56. The second-order valence-corrected chi connectivity index (χ2v) is 7.86. The number of nitrogens with one attached hydrogen (secondary N) is 1. The van der Waals surface area contributed by atoms with E-state index in [0.717, 1.165) is 60.6 Å². The first-order valence-electron chi connectivity index (χ1n) is 9.80. The zero-order chi connectivity index (χ0) is 19.0. The summed E-state index contributed by atoms with van der Waals surface area (Å²) >= 11 is 0. The first kappa shape index (κ1) is 17.8. The summed E-state index contributed by atoms with van der Waals surface area (Å²) in [6.07, 6.45) is 8.25. The summed E-state index contributed by atoms with van der Waals surface area (Å²) in [6.45, 7) is 6.72. The maximum Gasteiger partial charge on any atom is 0.255 e. The molecule has 3 aromatic heterocycles. The fraction of sp³-hybridized carbons (Fsp3) is 0.455. The van der Waals surface area contributed by atoms with Crippen molar-refractivity contribution < 1.29 is 9.21 Å². The molecular weight excluding hydrogens is 338 g/mol. The van der Waals surface area contributed by atoms with Gasteiger partial charge in [0.1, 0.15) is 11.4 Å². The lowest BCUT2D eigenvalue weighted by molar-refractivity contribution is 0.0943. The van der Waals surface area contributed by atoms with Crippen molar-refractivity contribution in [2.24, 2.45) is 5.92 Å². The normalized spacial score (nSPS) is 20.1. The van der Waals surface area contributed by atoms with E-state index in [1.54, 1.807) is 6.26 Å². The number of aryl methyl sites for hydroxylation is 3. The number of aromatic nitrogens is 2. The van der Waals surface area contributed by atoms with Crippen LogP contribution in [0.25, 0.3) is 5.65 Å². The molecule has 142 valence electrons. The molecule has 3 heterocycles. The topological polar surface area (TPSA) is 59.5 Å². The Labute approximate surface area is 159 Å². The summed E-state index contributed by atoms with van der Waals surface area (Å²) in [7, 11) is 0. The van der Waals surface area contributed by atoms with Crippen molar-refractivity contribution in [3.63, 3.8) is 0 Å². The zero-order valence-electron chi connectivity index (χ0n) is 16.3. The third kappa shape index (κ3) is 3.51. The third-order valence-electron chi connectivity index (χ3n) is 5.82. The molecule has 3 aromatic rings. The highest BCUT2D eigenvalue weighted by atomic mass is 16.3. The van der Waals surface area contributed by atoms with Crippen LogP contribution < -0.4 is 5.32 Å². The van der Waals surface area contributed by atoms with Gasteiger partial charge < -0.3 is 14.1 Å². The van der Waals surface area contributed by atoms with E-state index in [9.17, 15) is 4.79 Å². The highest BCUT2D eigenvalue weighted by molar-refractivity contribution is 6.01. The van der Waals surface area contributed by atoms with Crippen LogP contribution in [0.5, 0.6) is 0 Å². The Morgan fingerprint density at radius 1 is 1.26 bits per heavy atom. The summed E-state index contributed by atoms with van der Waals surface area (Å²) in [5.41, 5.74) is 4.45. The van der Waals surface area contributed by atoms with Crippen molar-refractivity contribution in [3.8, 4) is 0 Å². The van der Waals surface area contributed by atoms with Gasteiger partial charge in [0, 0.05) is 30.0 Å². The second-order valence-electron chi connectivity index (χ2n) is 7.86. The fourth-order valence-electron chi connectivity index (χ4n) is 4.35. The van der Waals surface area contributed by atoms with Gasteiger partial charge in [-0.05, 0) is 76.1 Å². The summed E-state index contributed by atoms with van der Waals surface area (Å²) in [6, 6.07) is 6.07. The van der Waals surface area contributed by atoms with Crippen LogP contribution in [0, 0.1) is 26.7 Å². The largest absolute Gasteiger partial charge is 0.469 e. The lowest BCUT2D eigenvalue weighted by Gasteiger charge is -2.27. The van der Waals surface area contributed by atoms with Crippen LogP contribution in [-0.2, 0) is 0 Å². The van der Waals surface area contributed by atoms with Crippen molar-refractivity contribution >= 4 is 11.6 Å². The first-order chi connectivity index (χ1) is 13.0. The van der Waals surface area contributed by atoms with E-state index in [4.69, 9.17) is 4.42 Å². The average molecular weight is 365 g/mol. The van der Waals surface area contributed by atoms with Gasteiger partial charge in [0.2, 0.25) is 0 Å². The molecule has 1 aliphatic rings. The quantitative estimate of drug-likeness (QED) is 0.737. The van der Waals surface area contributed by atoms with E-state index in [1.165, 1.54) is 0 Å². The molecule has 1 amide bonds. The summed E-state index contributed by atoms with van der Waals surface area (Å²) in [5, 5.41) is 3.16. The van der Waals surface area contributed by atoms with Crippen LogP contribution in [0.4, 0.5) is 0 Å². The molecule has 1 fully saturated rings. The van der Waals surface area contributed by atoms with Crippen LogP contribution >= 0.6 is 0 Å². The molecule has 5 heteroatoms. The number of rotatable bonds is 4. The molecule has 1 saturated carbocycles. The highest BCUT2D eigenvalue weighted by Crippen LogP contribution is 2.35. The minimum Gasteiger partial charge on any atom is -0.469 e. The monoisotopic (exact) mass is 365 g/mol. The molecule has 0 unspecified atom stereocenters. The number of amides is 1. The van der Waals surface area contributed by atoms with Crippen LogP contribution in [-0.4, -0.2) is 21.8 Å². The van der Waals surface area contributed by atoms with Crippen LogP contribution in [0.2, 0.25) is 0 Å². The molecule has 0 aromatic carbocycles. The standard InChI is InChI=1S/C22H27N3O2/c1-14-13-25-16(3)11-15(2)24-21(25)20(14)22(26)23-12-17-6-8-18(9-7-17)19-5-4-10-27-19/h4-5,10-11,13,17-18H,6-9,12H2,1-3H3,(H,23,26). The summed E-state index contributed by atoms with van der Waals surface area (Å²) in [4.78, 5) is 17.5. The molecular formula is C22H27N3O2. The number of carbonyl (C=O) groups is 1.